The molecule has 0 unspecified atom stereocenters. The molecule has 0 aliphatic carbocycles. The molecule has 48 heavy (non-hydrogen) atoms. The van der Waals surface area contributed by atoms with Crippen molar-refractivity contribution in [3.8, 4) is 22.3 Å². The van der Waals surface area contributed by atoms with Crippen molar-refractivity contribution in [1.82, 2.24) is 20.6 Å². The molecule has 0 atom stereocenters. The van der Waals surface area contributed by atoms with E-state index in [-0.39, 0.29) is 23.9 Å². The van der Waals surface area contributed by atoms with Crippen LogP contribution in [0.2, 0.25) is 0 Å². The van der Waals surface area contributed by atoms with Gasteiger partial charge in [-0.15, -0.1) is 0 Å². The van der Waals surface area contributed by atoms with E-state index >= 15 is 0 Å². The number of rotatable bonds is 8. The molecular formula is C42H44N4O2. The van der Waals surface area contributed by atoms with Crippen molar-refractivity contribution in [2.75, 3.05) is 0 Å². The Balaban J connectivity index is 0.000000188. The Morgan fingerprint density at radius 2 is 0.875 bits per heavy atom. The van der Waals surface area contributed by atoms with Crippen molar-refractivity contribution < 1.29 is 9.59 Å². The van der Waals surface area contributed by atoms with Gasteiger partial charge in [0.05, 0.1) is 0 Å². The standard InChI is InChI=1S/2C21H22N2O/c2*1-14(2)23-21(24)15(3)12-16-4-6-17(7-5-16)18-8-9-20-19(13-18)10-11-22-20/h2*4-14,22H,1-3H3,(H,23,24)/b2*15-12+. The zero-order valence-corrected chi connectivity index (χ0v) is 28.5. The summed E-state index contributed by atoms with van der Waals surface area (Å²) in [6.07, 6.45) is 7.73. The van der Waals surface area contributed by atoms with Crippen LogP contribution in [0, 0.1) is 0 Å². The largest absolute Gasteiger partial charge is 0.361 e. The highest BCUT2D eigenvalue weighted by molar-refractivity contribution is 5.98. The maximum Gasteiger partial charge on any atom is 0.247 e. The lowest BCUT2D eigenvalue weighted by Gasteiger charge is -2.08. The zero-order chi connectivity index (χ0) is 34.2. The van der Waals surface area contributed by atoms with Gasteiger partial charge in [-0.05, 0) is 134 Å². The van der Waals surface area contributed by atoms with Gasteiger partial charge in [0.2, 0.25) is 11.8 Å². The number of carbonyl (C=O) groups excluding carboxylic acids is 2. The summed E-state index contributed by atoms with van der Waals surface area (Å²) in [5.41, 5.74) is 10.5. The summed E-state index contributed by atoms with van der Waals surface area (Å²) in [5, 5.41) is 8.22. The van der Waals surface area contributed by atoms with Crippen molar-refractivity contribution in [2.24, 2.45) is 0 Å². The van der Waals surface area contributed by atoms with Crippen molar-refractivity contribution >= 4 is 45.8 Å². The summed E-state index contributed by atoms with van der Waals surface area (Å²) >= 11 is 0. The first kappa shape index (κ1) is 33.7. The quantitative estimate of drug-likeness (QED) is 0.125. The topological polar surface area (TPSA) is 89.8 Å². The normalized spacial score (nSPS) is 11.9. The van der Waals surface area contributed by atoms with Gasteiger partial charge >= 0.3 is 0 Å². The fourth-order valence-electron chi connectivity index (χ4n) is 5.39. The smallest absolute Gasteiger partial charge is 0.247 e. The molecule has 4 N–H and O–H groups in total. The van der Waals surface area contributed by atoms with Crippen LogP contribution < -0.4 is 10.6 Å². The minimum atomic E-state index is -0.0213. The van der Waals surface area contributed by atoms with E-state index in [1.165, 1.54) is 33.0 Å². The molecule has 244 valence electrons. The Morgan fingerprint density at radius 3 is 1.23 bits per heavy atom. The van der Waals surface area contributed by atoms with Crippen LogP contribution in [-0.4, -0.2) is 33.9 Å². The monoisotopic (exact) mass is 636 g/mol. The van der Waals surface area contributed by atoms with Gasteiger partial charge in [0.1, 0.15) is 0 Å². The second-order valence-electron chi connectivity index (χ2n) is 12.7. The molecule has 6 nitrogen and oxygen atoms in total. The van der Waals surface area contributed by atoms with Gasteiger partial charge in [0.15, 0.2) is 0 Å². The molecule has 0 aliphatic heterocycles. The van der Waals surface area contributed by atoms with Crippen LogP contribution in [-0.2, 0) is 9.59 Å². The number of nitrogens with one attached hydrogen (secondary N) is 4. The molecule has 2 amide bonds. The van der Waals surface area contributed by atoms with Gasteiger partial charge in [-0.3, -0.25) is 9.59 Å². The minimum absolute atomic E-state index is 0.0213. The second kappa shape index (κ2) is 15.3. The predicted octanol–water partition coefficient (Wildman–Crippen LogP) is 9.53. The van der Waals surface area contributed by atoms with Gasteiger partial charge in [0, 0.05) is 46.7 Å². The molecule has 0 aliphatic rings. The number of hydrogen-bond acceptors (Lipinski definition) is 2. The van der Waals surface area contributed by atoms with Gasteiger partial charge in [-0.1, -0.05) is 60.7 Å². The summed E-state index contributed by atoms with van der Waals surface area (Å²) in [6, 6.07) is 33.8. The number of benzene rings is 4. The van der Waals surface area contributed by atoms with E-state index in [4.69, 9.17) is 0 Å². The maximum absolute atomic E-state index is 12.0. The lowest BCUT2D eigenvalue weighted by atomic mass is 10.0. The lowest BCUT2D eigenvalue weighted by molar-refractivity contribution is -0.118. The third kappa shape index (κ3) is 8.80. The summed E-state index contributed by atoms with van der Waals surface area (Å²) in [7, 11) is 0. The molecule has 2 aromatic heterocycles. The van der Waals surface area contributed by atoms with Crippen LogP contribution in [0.4, 0.5) is 0 Å². The number of aromatic nitrogens is 2. The third-order valence-corrected chi connectivity index (χ3v) is 7.92. The Labute approximate surface area is 283 Å². The number of hydrogen-bond donors (Lipinski definition) is 4. The van der Waals surface area contributed by atoms with E-state index in [0.29, 0.717) is 11.1 Å². The van der Waals surface area contributed by atoms with Crippen molar-refractivity contribution in [3.63, 3.8) is 0 Å². The molecule has 4 aromatic carbocycles. The third-order valence-electron chi connectivity index (χ3n) is 7.92. The SMILES string of the molecule is C/C(=C\c1ccc(-c2ccc3[nH]ccc3c2)cc1)C(=O)NC(C)C.C/C(=C\c1ccc(-c2ccc3[nH]ccc3c2)cc1)C(=O)NC(C)C. The predicted molar refractivity (Wildman–Crippen MR) is 201 cm³/mol. The number of fused-ring (bicyclic) bond motifs is 2. The summed E-state index contributed by atoms with van der Waals surface area (Å²) < 4.78 is 0. The molecule has 6 heteroatoms. The van der Waals surface area contributed by atoms with E-state index in [0.717, 1.165) is 22.2 Å². The molecule has 0 spiro atoms. The summed E-state index contributed by atoms with van der Waals surface area (Å²) in [6.45, 7) is 11.5. The molecular weight excluding hydrogens is 592 g/mol. The van der Waals surface area contributed by atoms with Crippen molar-refractivity contribution in [2.45, 2.75) is 53.6 Å². The van der Waals surface area contributed by atoms with Crippen LogP contribution in [0.5, 0.6) is 0 Å². The maximum atomic E-state index is 12.0. The Morgan fingerprint density at radius 1 is 0.521 bits per heavy atom. The molecule has 0 saturated heterocycles. The Kier molecular flexibility index (Phi) is 10.8. The molecule has 0 radical (unpaired) electrons. The molecule has 0 bridgehead atoms. The van der Waals surface area contributed by atoms with Crippen LogP contribution in [0.1, 0.15) is 52.7 Å². The Hall–Kier alpha value is -5.62. The molecule has 6 rings (SSSR count). The molecule has 0 fully saturated rings. The van der Waals surface area contributed by atoms with Crippen LogP contribution >= 0.6 is 0 Å². The summed E-state index contributed by atoms with van der Waals surface area (Å²) in [5.74, 6) is -0.0426. The van der Waals surface area contributed by atoms with Gasteiger partial charge < -0.3 is 20.6 Å². The van der Waals surface area contributed by atoms with Gasteiger partial charge in [-0.25, -0.2) is 0 Å². The average Bonchev–Trinajstić information content (AvgIpc) is 3.74. The summed E-state index contributed by atoms with van der Waals surface area (Å²) in [4.78, 5) is 30.3. The van der Waals surface area contributed by atoms with Crippen molar-refractivity contribution in [3.05, 3.63) is 132 Å². The average molecular weight is 637 g/mol. The highest BCUT2D eigenvalue weighted by Gasteiger charge is 2.07. The molecule has 6 aromatic rings. The zero-order valence-electron chi connectivity index (χ0n) is 28.5. The minimum Gasteiger partial charge on any atom is -0.361 e. The fraction of sp³-hybridized carbons (Fsp3) is 0.190. The Bertz CT molecular complexity index is 1920. The van der Waals surface area contributed by atoms with Gasteiger partial charge in [0.25, 0.3) is 0 Å². The fourth-order valence-corrected chi connectivity index (χ4v) is 5.39. The number of aromatic amines is 2. The molecule has 0 saturated carbocycles. The highest BCUT2D eigenvalue weighted by atomic mass is 16.2. The van der Waals surface area contributed by atoms with Gasteiger partial charge in [-0.2, -0.15) is 0 Å². The van der Waals surface area contributed by atoms with E-state index in [9.17, 15) is 9.59 Å². The number of amides is 2. The van der Waals surface area contributed by atoms with E-state index < -0.39 is 0 Å². The first-order valence-corrected chi connectivity index (χ1v) is 16.4. The van der Waals surface area contributed by atoms with E-state index in [1.54, 1.807) is 0 Å². The van der Waals surface area contributed by atoms with Crippen LogP contribution in [0.15, 0.2) is 121 Å². The lowest BCUT2D eigenvalue weighted by Crippen LogP contribution is -2.30. The molecule has 2 heterocycles. The van der Waals surface area contributed by atoms with E-state index in [1.807, 2.05) is 90.4 Å². The van der Waals surface area contributed by atoms with Crippen LogP contribution in [0.25, 0.3) is 56.2 Å². The second-order valence-corrected chi connectivity index (χ2v) is 12.7. The van der Waals surface area contributed by atoms with E-state index in [2.05, 4.69) is 93.4 Å². The first-order valence-electron chi connectivity index (χ1n) is 16.4. The highest BCUT2D eigenvalue weighted by Crippen LogP contribution is 2.26. The van der Waals surface area contributed by atoms with Crippen molar-refractivity contribution in [1.29, 1.82) is 0 Å². The number of carbonyl (C=O) groups is 2. The first-order chi connectivity index (χ1) is 23.0. The van der Waals surface area contributed by atoms with Crippen LogP contribution in [0.3, 0.4) is 0 Å². The number of H-pyrrole nitrogens is 2.